The summed E-state index contributed by atoms with van der Waals surface area (Å²) in [6.07, 6.45) is 5.27. The predicted molar refractivity (Wildman–Crippen MR) is 81.4 cm³/mol. The van der Waals surface area contributed by atoms with E-state index < -0.39 is 5.60 Å². The van der Waals surface area contributed by atoms with Crippen molar-refractivity contribution in [2.45, 2.75) is 12.5 Å². The average molecular weight is 307 g/mol. The number of hydrogen-bond donors (Lipinski definition) is 1. The van der Waals surface area contributed by atoms with Crippen molar-refractivity contribution in [2.24, 2.45) is 0 Å². The van der Waals surface area contributed by atoms with E-state index in [0.29, 0.717) is 27.1 Å². The lowest BCUT2D eigenvalue weighted by molar-refractivity contribution is 0.122. The molecular formula is C16H12Cl2O2. The van der Waals surface area contributed by atoms with Gasteiger partial charge in [0.2, 0.25) is 0 Å². The number of benzene rings is 2. The van der Waals surface area contributed by atoms with E-state index in [-0.39, 0.29) is 0 Å². The van der Waals surface area contributed by atoms with E-state index in [1.54, 1.807) is 49.4 Å². The maximum Gasteiger partial charge on any atom is 0.164 e. The van der Waals surface area contributed by atoms with Crippen molar-refractivity contribution in [1.82, 2.24) is 0 Å². The third kappa shape index (κ3) is 3.08. The topological polar surface area (TPSA) is 29.5 Å². The van der Waals surface area contributed by atoms with E-state index in [1.807, 2.05) is 0 Å². The summed E-state index contributed by atoms with van der Waals surface area (Å²) >= 11 is 12.1. The lowest BCUT2D eigenvalue weighted by atomic mass is 9.97. The molecule has 0 amide bonds. The third-order valence-corrected chi connectivity index (χ3v) is 3.43. The van der Waals surface area contributed by atoms with Crippen LogP contribution in [-0.4, -0.2) is 5.11 Å². The van der Waals surface area contributed by atoms with E-state index in [0.717, 1.165) is 0 Å². The Bertz CT molecular complexity index is 635. The van der Waals surface area contributed by atoms with Crippen LogP contribution in [0.4, 0.5) is 0 Å². The van der Waals surface area contributed by atoms with Gasteiger partial charge in [-0.2, -0.15) is 0 Å². The lowest BCUT2D eigenvalue weighted by Gasteiger charge is -2.17. The van der Waals surface area contributed by atoms with Gasteiger partial charge in [0.15, 0.2) is 5.75 Å². The smallest absolute Gasteiger partial charge is 0.164 e. The molecule has 102 valence electrons. The molecule has 0 aromatic heterocycles. The highest BCUT2D eigenvalue weighted by molar-refractivity contribution is 6.37. The van der Waals surface area contributed by atoms with Gasteiger partial charge < -0.3 is 9.84 Å². The van der Waals surface area contributed by atoms with Gasteiger partial charge in [0, 0.05) is 0 Å². The van der Waals surface area contributed by atoms with Crippen LogP contribution in [0.2, 0.25) is 10.0 Å². The Balaban J connectivity index is 2.27. The van der Waals surface area contributed by atoms with E-state index in [2.05, 4.69) is 5.92 Å². The molecule has 0 aliphatic carbocycles. The van der Waals surface area contributed by atoms with Crippen LogP contribution in [0.25, 0.3) is 0 Å². The number of para-hydroxylation sites is 1. The summed E-state index contributed by atoms with van der Waals surface area (Å²) in [5, 5.41) is 10.8. The zero-order valence-electron chi connectivity index (χ0n) is 10.7. The van der Waals surface area contributed by atoms with Crippen molar-refractivity contribution in [3.05, 3.63) is 58.1 Å². The largest absolute Gasteiger partial charge is 0.454 e. The maximum atomic E-state index is 9.94. The summed E-state index contributed by atoms with van der Waals surface area (Å²) in [6, 6.07) is 11.9. The predicted octanol–water partition coefficient (Wildman–Crippen LogP) is 4.63. The summed E-state index contributed by atoms with van der Waals surface area (Å²) < 4.78 is 5.64. The van der Waals surface area contributed by atoms with Gasteiger partial charge in [0.05, 0.1) is 10.0 Å². The molecule has 1 N–H and O–H groups in total. The van der Waals surface area contributed by atoms with E-state index in [1.165, 1.54) is 0 Å². The molecule has 0 bridgehead atoms. The molecule has 2 aromatic carbocycles. The van der Waals surface area contributed by atoms with Gasteiger partial charge in [0.1, 0.15) is 11.4 Å². The summed E-state index contributed by atoms with van der Waals surface area (Å²) in [7, 11) is 0. The van der Waals surface area contributed by atoms with Crippen molar-refractivity contribution in [3.63, 3.8) is 0 Å². The SMILES string of the molecule is C#CC(C)(O)c1ccc(Oc2c(Cl)cccc2Cl)cc1. The highest BCUT2D eigenvalue weighted by Crippen LogP contribution is 2.36. The number of aliphatic hydroxyl groups is 1. The second-order valence-electron chi connectivity index (χ2n) is 4.39. The molecule has 2 nitrogen and oxygen atoms in total. The zero-order valence-corrected chi connectivity index (χ0v) is 12.2. The molecule has 0 fully saturated rings. The molecule has 0 aliphatic rings. The third-order valence-electron chi connectivity index (χ3n) is 2.84. The van der Waals surface area contributed by atoms with Gasteiger partial charge in [-0.3, -0.25) is 0 Å². The van der Waals surface area contributed by atoms with Crippen molar-refractivity contribution in [3.8, 4) is 23.8 Å². The Morgan fingerprint density at radius 3 is 2.15 bits per heavy atom. The maximum absolute atomic E-state index is 9.94. The summed E-state index contributed by atoms with van der Waals surface area (Å²) in [5.74, 6) is 3.27. The van der Waals surface area contributed by atoms with Gasteiger partial charge >= 0.3 is 0 Å². The van der Waals surface area contributed by atoms with Gasteiger partial charge in [-0.1, -0.05) is 47.3 Å². The molecule has 2 aromatic rings. The molecule has 4 heteroatoms. The first kappa shape index (κ1) is 14.7. The minimum atomic E-state index is -1.30. The highest BCUT2D eigenvalue weighted by Gasteiger charge is 2.19. The Kier molecular flexibility index (Phi) is 4.25. The fourth-order valence-electron chi connectivity index (χ4n) is 1.63. The molecule has 0 radical (unpaired) electrons. The Hall–Kier alpha value is -1.66. The first-order valence-corrected chi connectivity index (χ1v) is 6.62. The van der Waals surface area contributed by atoms with Crippen molar-refractivity contribution in [1.29, 1.82) is 0 Å². The standard InChI is InChI=1S/C16H12Cl2O2/c1-3-16(2,19)11-7-9-12(10-8-11)20-15-13(17)5-4-6-14(15)18/h1,4-10,19H,2H3. The normalized spacial score (nSPS) is 13.3. The van der Waals surface area contributed by atoms with Crippen LogP contribution >= 0.6 is 23.2 Å². The zero-order chi connectivity index (χ0) is 14.8. The van der Waals surface area contributed by atoms with Crippen LogP contribution in [0.1, 0.15) is 12.5 Å². The number of ether oxygens (including phenoxy) is 1. The molecule has 0 heterocycles. The highest BCUT2D eigenvalue weighted by atomic mass is 35.5. The van der Waals surface area contributed by atoms with Crippen molar-refractivity contribution in [2.75, 3.05) is 0 Å². The van der Waals surface area contributed by atoms with Crippen LogP contribution in [0.15, 0.2) is 42.5 Å². The Labute approximate surface area is 127 Å². The lowest BCUT2D eigenvalue weighted by Crippen LogP contribution is -2.17. The average Bonchev–Trinajstić information content (AvgIpc) is 2.43. The number of terminal acetylenes is 1. The molecule has 0 aliphatic heterocycles. The molecule has 1 unspecified atom stereocenters. The summed E-state index contributed by atoms with van der Waals surface area (Å²) in [6.45, 7) is 1.55. The monoisotopic (exact) mass is 306 g/mol. The summed E-state index contributed by atoms with van der Waals surface area (Å²) in [4.78, 5) is 0. The summed E-state index contributed by atoms with van der Waals surface area (Å²) in [5.41, 5.74) is -0.696. The fourth-order valence-corrected chi connectivity index (χ4v) is 2.10. The quantitative estimate of drug-likeness (QED) is 0.838. The molecule has 2 rings (SSSR count). The van der Waals surface area contributed by atoms with Crippen molar-refractivity contribution < 1.29 is 9.84 Å². The first-order chi connectivity index (χ1) is 9.44. The van der Waals surface area contributed by atoms with Crippen LogP contribution in [0, 0.1) is 12.3 Å². The number of halogens is 2. The minimum Gasteiger partial charge on any atom is -0.454 e. The molecule has 0 saturated heterocycles. The van der Waals surface area contributed by atoms with Crippen LogP contribution in [0.5, 0.6) is 11.5 Å². The van der Waals surface area contributed by atoms with Gasteiger partial charge in [0.25, 0.3) is 0 Å². The van der Waals surface area contributed by atoms with Crippen LogP contribution in [-0.2, 0) is 5.60 Å². The van der Waals surface area contributed by atoms with E-state index >= 15 is 0 Å². The van der Waals surface area contributed by atoms with E-state index in [9.17, 15) is 5.11 Å². The van der Waals surface area contributed by atoms with Gasteiger partial charge in [-0.05, 0) is 36.8 Å². The Morgan fingerprint density at radius 2 is 1.65 bits per heavy atom. The molecule has 0 saturated carbocycles. The minimum absolute atomic E-state index is 0.396. The second-order valence-corrected chi connectivity index (χ2v) is 5.21. The molecule has 1 atom stereocenters. The molecular weight excluding hydrogens is 295 g/mol. The second kappa shape index (κ2) is 5.76. The van der Waals surface area contributed by atoms with E-state index in [4.69, 9.17) is 34.4 Å². The number of rotatable bonds is 3. The fraction of sp³-hybridized carbons (Fsp3) is 0.125. The van der Waals surface area contributed by atoms with Gasteiger partial charge in [-0.25, -0.2) is 0 Å². The number of hydrogen-bond acceptors (Lipinski definition) is 2. The van der Waals surface area contributed by atoms with Gasteiger partial charge in [-0.15, -0.1) is 6.42 Å². The van der Waals surface area contributed by atoms with Crippen LogP contribution in [0.3, 0.4) is 0 Å². The van der Waals surface area contributed by atoms with Crippen molar-refractivity contribution >= 4 is 23.2 Å². The molecule has 20 heavy (non-hydrogen) atoms. The first-order valence-electron chi connectivity index (χ1n) is 5.86. The molecule has 0 spiro atoms. The Morgan fingerprint density at radius 1 is 1.10 bits per heavy atom. The van der Waals surface area contributed by atoms with Crippen LogP contribution < -0.4 is 4.74 Å².